The monoisotopic (exact) mass is 341 g/mol. The molecule has 1 aromatic heterocycles. The summed E-state index contributed by atoms with van der Waals surface area (Å²) in [5.41, 5.74) is -0.423. The molecule has 3 rings (SSSR count). The van der Waals surface area contributed by atoms with E-state index in [4.69, 9.17) is 0 Å². The van der Waals surface area contributed by atoms with Crippen LogP contribution in [0.5, 0.6) is 0 Å². The molecule has 3 aromatic rings. The molecule has 0 N–H and O–H groups in total. The Morgan fingerprint density at radius 3 is 2.58 bits per heavy atom. The van der Waals surface area contributed by atoms with Crippen LogP contribution < -0.4 is 5.56 Å². The van der Waals surface area contributed by atoms with E-state index >= 15 is 0 Å². The van der Waals surface area contributed by atoms with Crippen LogP contribution in [0.4, 0.5) is 8.78 Å². The zero-order chi connectivity index (χ0) is 13.6. The van der Waals surface area contributed by atoms with Gasteiger partial charge in [-0.15, -0.1) is 0 Å². The summed E-state index contributed by atoms with van der Waals surface area (Å²) in [5, 5.41) is 0.496. The van der Waals surface area contributed by atoms with Crippen molar-refractivity contribution in [3.05, 3.63) is 62.9 Å². The highest BCUT2D eigenvalue weighted by atomic mass is 79.9. The molecule has 2 nitrogen and oxygen atoms in total. The van der Waals surface area contributed by atoms with Gasteiger partial charge in [0.25, 0.3) is 5.56 Å². The average Bonchev–Trinajstić information content (AvgIpc) is 2.72. The van der Waals surface area contributed by atoms with Crippen LogP contribution in [-0.2, 0) is 0 Å². The second-order valence-electron chi connectivity index (χ2n) is 3.90. The topological polar surface area (TPSA) is 22.0 Å². The number of halogens is 3. The van der Waals surface area contributed by atoms with Crippen LogP contribution in [0.25, 0.3) is 15.8 Å². The zero-order valence-electron chi connectivity index (χ0n) is 9.36. The molecule has 0 amide bonds. The molecule has 0 radical (unpaired) electrons. The maximum absolute atomic E-state index is 13.9. The lowest BCUT2D eigenvalue weighted by atomic mass is 10.2. The third-order valence-corrected chi connectivity index (χ3v) is 4.41. The van der Waals surface area contributed by atoms with E-state index in [1.54, 1.807) is 24.3 Å². The van der Waals surface area contributed by atoms with Crippen molar-refractivity contribution in [1.82, 2.24) is 3.96 Å². The molecule has 2 aromatic carbocycles. The highest BCUT2D eigenvalue weighted by molar-refractivity contribution is 9.10. The Balaban J connectivity index is 2.34. The van der Waals surface area contributed by atoms with E-state index in [9.17, 15) is 13.6 Å². The predicted octanol–water partition coefficient (Wildman–Crippen LogP) is 4.09. The maximum atomic E-state index is 13.9. The largest absolute Gasteiger partial charge is 0.273 e. The Kier molecular flexibility index (Phi) is 2.99. The minimum absolute atomic E-state index is 0.0305. The van der Waals surface area contributed by atoms with Gasteiger partial charge in [-0.2, -0.15) is 0 Å². The fourth-order valence-electron chi connectivity index (χ4n) is 1.80. The van der Waals surface area contributed by atoms with Crippen LogP contribution >= 0.6 is 27.5 Å². The summed E-state index contributed by atoms with van der Waals surface area (Å²) in [7, 11) is 0. The van der Waals surface area contributed by atoms with Crippen LogP contribution in [-0.4, -0.2) is 3.96 Å². The van der Waals surface area contributed by atoms with Gasteiger partial charge in [-0.05, 0) is 34.1 Å². The summed E-state index contributed by atoms with van der Waals surface area (Å²) in [4.78, 5) is 12.1. The quantitative estimate of drug-likeness (QED) is 0.611. The fraction of sp³-hybridized carbons (Fsp3) is 0. The van der Waals surface area contributed by atoms with Gasteiger partial charge in [-0.25, -0.2) is 12.7 Å². The highest BCUT2D eigenvalue weighted by Gasteiger charge is 2.14. The molecule has 0 aliphatic rings. The van der Waals surface area contributed by atoms with Crippen molar-refractivity contribution in [3.63, 3.8) is 0 Å². The lowest BCUT2D eigenvalue weighted by Crippen LogP contribution is -2.12. The van der Waals surface area contributed by atoms with E-state index in [1.165, 1.54) is 0 Å². The van der Waals surface area contributed by atoms with Crippen LogP contribution in [0.15, 0.2) is 45.7 Å². The minimum Gasteiger partial charge on any atom is -0.267 e. The molecule has 0 fully saturated rings. The summed E-state index contributed by atoms with van der Waals surface area (Å²) >= 11 is 3.99. The molecule has 0 atom stereocenters. The summed E-state index contributed by atoms with van der Waals surface area (Å²) < 4.78 is 29.3. The van der Waals surface area contributed by atoms with Crippen molar-refractivity contribution < 1.29 is 8.78 Å². The van der Waals surface area contributed by atoms with Crippen LogP contribution in [0.1, 0.15) is 0 Å². The number of benzene rings is 2. The average molecular weight is 342 g/mol. The molecule has 0 unspecified atom stereocenters. The number of aromatic nitrogens is 1. The van der Waals surface area contributed by atoms with Crippen molar-refractivity contribution in [2.45, 2.75) is 0 Å². The SMILES string of the molecule is O=c1c2ccccc2sn1-c1cc(F)c(Br)cc1F. The number of hydrogen-bond acceptors (Lipinski definition) is 2. The van der Waals surface area contributed by atoms with Crippen LogP contribution in [0, 0.1) is 11.6 Å². The van der Waals surface area contributed by atoms with Gasteiger partial charge < -0.3 is 0 Å². The van der Waals surface area contributed by atoms with Crippen molar-refractivity contribution >= 4 is 37.5 Å². The lowest BCUT2D eigenvalue weighted by Gasteiger charge is -2.03. The van der Waals surface area contributed by atoms with Crippen molar-refractivity contribution in [2.24, 2.45) is 0 Å². The van der Waals surface area contributed by atoms with E-state index in [0.717, 1.165) is 32.3 Å². The Hall–Kier alpha value is -1.53. The maximum Gasteiger partial charge on any atom is 0.273 e. The predicted molar refractivity (Wildman–Crippen MR) is 75.0 cm³/mol. The summed E-state index contributed by atoms with van der Waals surface area (Å²) in [6.45, 7) is 0. The summed E-state index contributed by atoms with van der Waals surface area (Å²) in [6, 6.07) is 8.99. The lowest BCUT2D eigenvalue weighted by molar-refractivity contribution is 0.589. The number of hydrogen-bond donors (Lipinski definition) is 0. The van der Waals surface area contributed by atoms with Gasteiger partial charge in [0.15, 0.2) is 0 Å². The molecule has 0 saturated heterocycles. The number of fused-ring (bicyclic) bond motifs is 1. The first-order valence-corrected chi connectivity index (χ1v) is 6.90. The molecule has 19 heavy (non-hydrogen) atoms. The normalized spacial score (nSPS) is 11.1. The van der Waals surface area contributed by atoms with Gasteiger partial charge in [0.1, 0.15) is 11.6 Å². The van der Waals surface area contributed by atoms with Crippen molar-refractivity contribution in [1.29, 1.82) is 0 Å². The Morgan fingerprint density at radius 2 is 1.84 bits per heavy atom. The second kappa shape index (κ2) is 4.54. The zero-order valence-corrected chi connectivity index (χ0v) is 11.8. The Labute approximate surface area is 119 Å². The third-order valence-electron chi connectivity index (χ3n) is 2.70. The van der Waals surface area contributed by atoms with E-state index in [1.807, 2.05) is 0 Å². The minimum atomic E-state index is -0.651. The number of rotatable bonds is 1. The summed E-state index contributed by atoms with van der Waals surface area (Å²) in [5.74, 6) is -1.26. The molecule has 0 bridgehead atoms. The standard InChI is InChI=1S/C13H6BrF2NOS/c14-8-5-10(16)11(6-9(8)15)17-13(18)7-3-1-2-4-12(7)19-17/h1-6H. The molecule has 96 valence electrons. The van der Waals surface area contributed by atoms with Gasteiger partial charge >= 0.3 is 0 Å². The Morgan fingerprint density at radius 1 is 1.11 bits per heavy atom. The second-order valence-corrected chi connectivity index (χ2v) is 5.75. The van der Waals surface area contributed by atoms with E-state index < -0.39 is 11.6 Å². The molecule has 6 heteroatoms. The number of nitrogens with zero attached hydrogens (tertiary/aromatic N) is 1. The Bertz CT molecular complexity index is 840. The first kappa shape index (κ1) is 12.5. The smallest absolute Gasteiger partial charge is 0.267 e. The first-order chi connectivity index (χ1) is 9.08. The molecular formula is C13H6BrF2NOS. The molecule has 0 spiro atoms. The van der Waals surface area contributed by atoms with E-state index in [0.29, 0.717) is 5.39 Å². The van der Waals surface area contributed by atoms with Crippen molar-refractivity contribution in [2.75, 3.05) is 0 Å². The van der Waals surface area contributed by atoms with E-state index in [2.05, 4.69) is 15.9 Å². The molecule has 0 aliphatic heterocycles. The molecule has 0 saturated carbocycles. The van der Waals surface area contributed by atoms with Crippen LogP contribution in [0.2, 0.25) is 0 Å². The van der Waals surface area contributed by atoms with E-state index in [-0.39, 0.29) is 15.7 Å². The molecular weight excluding hydrogens is 336 g/mol. The van der Waals surface area contributed by atoms with Gasteiger partial charge in [0, 0.05) is 6.07 Å². The van der Waals surface area contributed by atoms with Crippen LogP contribution in [0.3, 0.4) is 0 Å². The van der Waals surface area contributed by atoms with Gasteiger partial charge in [0.2, 0.25) is 0 Å². The molecule has 0 aliphatic carbocycles. The van der Waals surface area contributed by atoms with Crippen molar-refractivity contribution in [3.8, 4) is 5.69 Å². The van der Waals surface area contributed by atoms with Gasteiger partial charge in [-0.1, -0.05) is 23.7 Å². The summed E-state index contributed by atoms with van der Waals surface area (Å²) in [6.07, 6.45) is 0. The highest BCUT2D eigenvalue weighted by Crippen LogP contribution is 2.25. The fourth-order valence-corrected chi connectivity index (χ4v) is 3.12. The third kappa shape index (κ3) is 2.01. The molecule has 1 heterocycles. The van der Waals surface area contributed by atoms with Gasteiger partial charge in [-0.3, -0.25) is 4.79 Å². The first-order valence-electron chi connectivity index (χ1n) is 5.34. The van der Waals surface area contributed by atoms with Gasteiger partial charge in [0.05, 0.1) is 20.2 Å².